The Morgan fingerprint density at radius 2 is 2.17 bits per heavy atom. The Morgan fingerprint density at radius 1 is 1.33 bits per heavy atom. The van der Waals surface area contributed by atoms with Crippen LogP contribution in [0.5, 0.6) is 0 Å². The second kappa shape index (κ2) is 5.33. The van der Waals surface area contributed by atoms with Crippen LogP contribution in [0.25, 0.3) is 0 Å². The largest absolute Gasteiger partial charge is 0.396 e. The minimum atomic E-state index is -0.294. The van der Waals surface area contributed by atoms with Crippen molar-refractivity contribution in [2.24, 2.45) is 0 Å². The molecule has 0 heterocycles. The van der Waals surface area contributed by atoms with E-state index < -0.39 is 0 Å². The van der Waals surface area contributed by atoms with Crippen LogP contribution in [0.1, 0.15) is 38.5 Å². The maximum atomic E-state index is 9.63. The van der Waals surface area contributed by atoms with Gasteiger partial charge in [-0.3, -0.25) is 0 Å². The van der Waals surface area contributed by atoms with Crippen LogP contribution in [0.3, 0.4) is 0 Å². The van der Waals surface area contributed by atoms with Crippen LogP contribution in [0.15, 0.2) is 11.6 Å². The molecule has 0 saturated carbocycles. The van der Waals surface area contributed by atoms with Gasteiger partial charge in [-0.05, 0) is 31.3 Å². The predicted molar refractivity (Wildman–Crippen MR) is 48.9 cm³/mol. The SMILES string of the molecule is OCC/C1=C/CCCCCC1O. The minimum Gasteiger partial charge on any atom is -0.396 e. The Labute approximate surface area is 73.9 Å². The summed E-state index contributed by atoms with van der Waals surface area (Å²) >= 11 is 0. The van der Waals surface area contributed by atoms with Crippen LogP contribution in [-0.4, -0.2) is 22.9 Å². The van der Waals surface area contributed by atoms with Crippen molar-refractivity contribution in [3.63, 3.8) is 0 Å². The first-order valence-electron chi connectivity index (χ1n) is 4.82. The van der Waals surface area contributed by atoms with Gasteiger partial charge in [-0.25, -0.2) is 0 Å². The third-order valence-corrected chi connectivity index (χ3v) is 2.42. The number of aliphatic hydroxyl groups is 2. The highest BCUT2D eigenvalue weighted by Gasteiger charge is 2.11. The summed E-state index contributed by atoms with van der Waals surface area (Å²) in [6.45, 7) is 0.156. The molecule has 0 aromatic carbocycles. The van der Waals surface area contributed by atoms with Gasteiger partial charge in [0.25, 0.3) is 0 Å². The molecule has 2 nitrogen and oxygen atoms in total. The van der Waals surface area contributed by atoms with Crippen LogP contribution in [-0.2, 0) is 0 Å². The molecule has 0 aromatic heterocycles. The summed E-state index contributed by atoms with van der Waals surface area (Å²) in [6.07, 6.45) is 7.93. The van der Waals surface area contributed by atoms with Gasteiger partial charge in [0.05, 0.1) is 6.10 Å². The first-order valence-corrected chi connectivity index (χ1v) is 4.82. The van der Waals surface area contributed by atoms with Gasteiger partial charge in [0.1, 0.15) is 0 Å². The van der Waals surface area contributed by atoms with Crippen molar-refractivity contribution in [1.82, 2.24) is 0 Å². The quantitative estimate of drug-likeness (QED) is 0.618. The predicted octanol–water partition coefficient (Wildman–Crippen LogP) is 1.62. The van der Waals surface area contributed by atoms with Crippen LogP contribution >= 0.6 is 0 Å². The van der Waals surface area contributed by atoms with Crippen molar-refractivity contribution in [1.29, 1.82) is 0 Å². The van der Waals surface area contributed by atoms with E-state index in [0.29, 0.717) is 6.42 Å². The molecule has 70 valence electrons. The maximum absolute atomic E-state index is 9.63. The molecule has 0 bridgehead atoms. The third kappa shape index (κ3) is 2.95. The van der Waals surface area contributed by atoms with Crippen molar-refractivity contribution >= 4 is 0 Å². The lowest BCUT2D eigenvalue weighted by Gasteiger charge is -2.16. The molecule has 2 N–H and O–H groups in total. The molecule has 0 aliphatic heterocycles. The number of rotatable bonds is 2. The lowest BCUT2D eigenvalue weighted by molar-refractivity contribution is 0.181. The lowest BCUT2D eigenvalue weighted by Crippen LogP contribution is -2.12. The second-order valence-electron chi connectivity index (χ2n) is 3.41. The molecule has 1 rings (SSSR count). The number of allylic oxidation sites excluding steroid dienone is 1. The van der Waals surface area contributed by atoms with Gasteiger partial charge in [0, 0.05) is 6.61 Å². The summed E-state index contributed by atoms with van der Waals surface area (Å²) in [5, 5.41) is 18.4. The zero-order valence-electron chi connectivity index (χ0n) is 7.50. The van der Waals surface area contributed by atoms with Gasteiger partial charge < -0.3 is 10.2 Å². The third-order valence-electron chi connectivity index (χ3n) is 2.42. The standard InChI is InChI=1S/C10H18O2/c11-8-7-9-5-3-1-2-4-6-10(9)12/h5,10-12H,1-4,6-8H2/b9-5-. The lowest BCUT2D eigenvalue weighted by atomic mass is 9.96. The van der Waals surface area contributed by atoms with Gasteiger partial charge in [0.2, 0.25) is 0 Å². The Bertz CT molecular complexity index is 152. The first-order chi connectivity index (χ1) is 5.84. The molecule has 0 saturated heterocycles. The zero-order chi connectivity index (χ0) is 8.81. The summed E-state index contributed by atoms with van der Waals surface area (Å²) in [6, 6.07) is 0. The molecule has 0 spiro atoms. The van der Waals surface area contributed by atoms with Crippen LogP contribution in [0.4, 0.5) is 0 Å². The van der Waals surface area contributed by atoms with E-state index in [-0.39, 0.29) is 12.7 Å². The summed E-state index contributed by atoms with van der Waals surface area (Å²) in [5.41, 5.74) is 1.04. The molecule has 12 heavy (non-hydrogen) atoms. The Morgan fingerprint density at radius 3 is 2.92 bits per heavy atom. The number of aliphatic hydroxyl groups excluding tert-OH is 2. The topological polar surface area (TPSA) is 40.5 Å². The fraction of sp³-hybridized carbons (Fsp3) is 0.800. The van der Waals surface area contributed by atoms with Gasteiger partial charge in [-0.15, -0.1) is 0 Å². The van der Waals surface area contributed by atoms with Crippen LogP contribution in [0, 0.1) is 0 Å². The molecule has 0 radical (unpaired) electrons. The van der Waals surface area contributed by atoms with E-state index in [1.807, 2.05) is 0 Å². The molecule has 0 aromatic rings. The number of hydrogen-bond donors (Lipinski definition) is 2. The van der Waals surface area contributed by atoms with Crippen molar-refractivity contribution in [2.75, 3.05) is 6.61 Å². The summed E-state index contributed by atoms with van der Waals surface area (Å²) < 4.78 is 0. The molecule has 0 amide bonds. The molecule has 2 heteroatoms. The average Bonchev–Trinajstić information content (AvgIpc) is 2.05. The van der Waals surface area contributed by atoms with E-state index in [4.69, 9.17) is 5.11 Å². The van der Waals surface area contributed by atoms with Crippen molar-refractivity contribution in [3.05, 3.63) is 11.6 Å². The van der Waals surface area contributed by atoms with E-state index >= 15 is 0 Å². The Balaban J connectivity index is 2.49. The van der Waals surface area contributed by atoms with Crippen molar-refractivity contribution in [3.8, 4) is 0 Å². The van der Waals surface area contributed by atoms with Crippen molar-refractivity contribution in [2.45, 2.75) is 44.6 Å². The highest BCUT2D eigenvalue weighted by molar-refractivity contribution is 5.08. The molecule has 1 aliphatic rings. The zero-order valence-corrected chi connectivity index (χ0v) is 7.50. The Kier molecular flexibility index (Phi) is 4.33. The van der Waals surface area contributed by atoms with Gasteiger partial charge in [-0.1, -0.05) is 18.9 Å². The highest BCUT2D eigenvalue weighted by Crippen LogP contribution is 2.19. The molecule has 1 atom stereocenters. The summed E-state index contributed by atoms with van der Waals surface area (Å²) in [7, 11) is 0. The fourth-order valence-corrected chi connectivity index (χ4v) is 1.67. The highest BCUT2D eigenvalue weighted by atomic mass is 16.3. The monoisotopic (exact) mass is 170 g/mol. The van der Waals surface area contributed by atoms with Crippen LogP contribution in [0.2, 0.25) is 0 Å². The molecular formula is C10H18O2. The molecule has 1 aliphatic carbocycles. The maximum Gasteiger partial charge on any atom is 0.0751 e. The smallest absolute Gasteiger partial charge is 0.0751 e. The summed E-state index contributed by atoms with van der Waals surface area (Å²) in [5.74, 6) is 0. The van der Waals surface area contributed by atoms with Crippen molar-refractivity contribution < 1.29 is 10.2 Å². The molecule has 0 fully saturated rings. The number of hydrogen-bond acceptors (Lipinski definition) is 2. The fourth-order valence-electron chi connectivity index (χ4n) is 1.67. The molecular weight excluding hydrogens is 152 g/mol. The van der Waals surface area contributed by atoms with E-state index in [9.17, 15) is 5.11 Å². The normalized spacial score (nSPS) is 30.2. The van der Waals surface area contributed by atoms with E-state index in [2.05, 4.69) is 6.08 Å². The first kappa shape index (κ1) is 9.75. The second-order valence-corrected chi connectivity index (χ2v) is 3.41. The summed E-state index contributed by atoms with van der Waals surface area (Å²) in [4.78, 5) is 0. The Hall–Kier alpha value is -0.340. The van der Waals surface area contributed by atoms with E-state index in [0.717, 1.165) is 24.8 Å². The van der Waals surface area contributed by atoms with Gasteiger partial charge in [0.15, 0.2) is 0 Å². The minimum absolute atomic E-state index is 0.156. The average molecular weight is 170 g/mol. The van der Waals surface area contributed by atoms with E-state index in [1.165, 1.54) is 12.8 Å². The van der Waals surface area contributed by atoms with Gasteiger partial charge >= 0.3 is 0 Å². The van der Waals surface area contributed by atoms with Crippen LogP contribution < -0.4 is 0 Å². The van der Waals surface area contributed by atoms with Gasteiger partial charge in [-0.2, -0.15) is 0 Å². The molecule has 1 unspecified atom stereocenters. The van der Waals surface area contributed by atoms with E-state index in [1.54, 1.807) is 0 Å².